The maximum Gasteiger partial charge on any atom is 0.347 e. The molecule has 28 heavy (non-hydrogen) atoms. The molecule has 1 aliphatic heterocycles. The van der Waals surface area contributed by atoms with Crippen molar-refractivity contribution in [1.29, 1.82) is 0 Å². The van der Waals surface area contributed by atoms with Crippen molar-refractivity contribution < 1.29 is 28.5 Å². The van der Waals surface area contributed by atoms with E-state index < -0.39 is 11.9 Å². The second-order valence-corrected chi connectivity index (χ2v) is 6.50. The molecule has 0 radical (unpaired) electrons. The van der Waals surface area contributed by atoms with Crippen LogP contribution in [0.3, 0.4) is 0 Å². The molecular formula is C22H24O6. The van der Waals surface area contributed by atoms with Crippen LogP contribution in [0.25, 0.3) is 0 Å². The zero-order valence-electron chi connectivity index (χ0n) is 15.9. The van der Waals surface area contributed by atoms with Gasteiger partial charge < -0.3 is 18.9 Å². The minimum atomic E-state index is -0.545. The number of hydrogen-bond acceptors (Lipinski definition) is 6. The molecule has 1 unspecified atom stereocenters. The molecule has 0 bridgehead atoms. The van der Waals surface area contributed by atoms with Gasteiger partial charge in [-0.15, -0.1) is 0 Å². The van der Waals surface area contributed by atoms with E-state index >= 15 is 0 Å². The highest BCUT2D eigenvalue weighted by molar-refractivity contribution is 5.94. The molecule has 2 aromatic rings. The first-order valence-corrected chi connectivity index (χ1v) is 9.50. The zero-order chi connectivity index (χ0) is 19.8. The van der Waals surface area contributed by atoms with Crippen molar-refractivity contribution in [3.05, 3.63) is 59.7 Å². The molecule has 1 aliphatic rings. The molecule has 6 nitrogen and oxygen atoms in total. The lowest BCUT2D eigenvalue weighted by Gasteiger charge is -2.12. The number of carbonyl (C=O) groups excluding carboxylic acids is 2. The van der Waals surface area contributed by atoms with Crippen LogP contribution in [0.5, 0.6) is 11.5 Å². The fourth-order valence-corrected chi connectivity index (χ4v) is 2.85. The van der Waals surface area contributed by atoms with Crippen LogP contribution in [0.15, 0.2) is 48.5 Å². The topological polar surface area (TPSA) is 71.1 Å². The molecule has 0 saturated carbocycles. The Balaban J connectivity index is 1.64. The number of benzene rings is 2. The number of esters is 2. The van der Waals surface area contributed by atoms with E-state index in [-0.39, 0.29) is 18.5 Å². The summed E-state index contributed by atoms with van der Waals surface area (Å²) < 4.78 is 21.8. The molecular weight excluding hydrogens is 360 g/mol. The predicted molar refractivity (Wildman–Crippen MR) is 103 cm³/mol. The van der Waals surface area contributed by atoms with Gasteiger partial charge in [-0.2, -0.15) is 0 Å². The second kappa shape index (κ2) is 9.90. The molecule has 1 fully saturated rings. The van der Waals surface area contributed by atoms with E-state index in [1.807, 2.05) is 6.92 Å². The van der Waals surface area contributed by atoms with Crippen LogP contribution in [0.2, 0.25) is 0 Å². The Bertz CT molecular complexity index is 810. The minimum absolute atomic E-state index is 0.0374. The van der Waals surface area contributed by atoms with E-state index in [4.69, 9.17) is 18.9 Å². The maximum absolute atomic E-state index is 12.5. The van der Waals surface area contributed by atoms with Crippen LogP contribution in [-0.4, -0.2) is 37.9 Å². The minimum Gasteiger partial charge on any atom is -0.493 e. The van der Waals surface area contributed by atoms with Crippen molar-refractivity contribution in [2.45, 2.75) is 32.3 Å². The van der Waals surface area contributed by atoms with Crippen LogP contribution in [0, 0.1) is 0 Å². The summed E-state index contributed by atoms with van der Waals surface area (Å²) in [4.78, 5) is 24.8. The molecule has 2 aromatic carbocycles. The summed E-state index contributed by atoms with van der Waals surface area (Å²) >= 11 is 0. The van der Waals surface area contributed by atoms with Gasteiger partial charge in [-0.3, -0.25) is 0 Å². The molecule has 1 atom stereocenters. The molecule has 0 amide bonds. The van der Waals surface area contributed by atoms with E-state index in [2.05, 4.69) is 0 Å². The maximum atomic E-state index is 12.5. The summed E-state index contributed by atoms with van der Waals surface area (Å²) in [5, 5.41) is 0. The van der Waals surface area contributed by atoms with Crippen LogP contribution in [-0.2, 0) is 9.47 Å². The van der Waals surface area contributed by atoms with Gasteiger partial charge in [-0.25, -0.2) is 9.59 Å². The number of ether oxygens (including phenoxy) is 4. The molecule has 1 heterocycles. The van der Waals surface area contributed by atoms with Crippen LogP contribution in [0.1, 0.15) is 46.9 Å². The first kappa shape index (κ1) is 19.9. The Labute approximate surface area is 164 Å². The van der Waals surface area contributed by atoms with Gasteiger partial charge in [0.2, 0.25) is 0 Å². The number of para-hydroxylation sites is 1. The Hall–Kier alpha value is -2.86. The number of rotatable bonds is 8. The smallest absolute Gasteiger partial charge is 0.347 e. The van der Waals surface area contributed by atoms with Gasteiger partial charge in [0, 0.05) is 6.61 Å². The summed E-state index contributed by atoms with van der Waals surface area (Å²) in [5.41, 5.74) is 0.654. The lowest BCUT2D eigenvalue weighted by atomic mass is 10.2. The summed E-state index contributed by atoms with van der Waals surface area (Å²) in [7, 11) is 0. The zero-order valence-corrected chi connectivity index (χ0v) is 15.9. The van der Waals surface area contributed by atoms with Gasteiger partial charge in [0.25, 0.3) is 0 Å². The van der Waals surface area contributed by atoms with Crippen molar-refractivity contribution in [1.82, 2.24) is 0 Å². The monoisotopic (exact) mass is 384 g/mol. The third-order valence-electron chi connectivity index (χ3n) is 4.27. The van der Waals surface area contributed by atoms with Crippen LogP contribution in [0.4, 0.5) is 0 Å². The summed E-state index contributed by atoms with van der Waals surface area (Å²) in [6.45, 7) is 3.43. The highest BCUT2D eigenvalue weighted by atomic mass is 16.6. The van der Waals surface area contributed by atoms with Crippen LogP contribution >= 0.6 is 0 Å². The van der Waals surface area contributed by atoms with Crippen molar-refractivity contribution in [2.75, 3.05) is 19.8 Å². The average Bonchev–Trinajstić information content (AvgIpc) is 3.24. The molecule has 148 valence electrons. The van der Waals surface area contributed by atoms with E-state index in [9.17, 15) is 9.59 Å². The molecule has 6 heteroatoms. The Morgan fingerprint density at radius 3 is 2.75 bits per heavy atom. The van der Waals surface area contributed by atoms with E-state index in [0.717, 1.165) is 19.3 Å². The highest BCUT2D eigenvalue weighted by Gasteiger charge is 2.19. The number of carbonyl (C=O) groups is 2. The summed E-state index contributed by atoms with van der Waals surface area (Å²) in [6.07, 6.45) is 2.67. The fourth-order valence-electron chi connectivity index (χ4n) is 2.85. The van der Waals surface area contributed by atoms with Crippen LogP contribution < -0.4 is 9.47 Å². The Morgan fingerprint density at radius 1 is 1.11 bits per heavy atom. The second-order valence-electron chi connectivity index (χ2n) is 6.50. The Morgan fingerprint density at radius 2 is 1.96 bits per heavy atom. The lowest BCUT2D eigenvalue weighted by molar-refractivity contribution is 0.0161. The number of hydrogen-bond donors (Lipinski definition) is 0. The van der Waals surface area contributed by atoms with Gasteiger partial charge in [-0.05, 0) is 49.6 Å². The van der Waals surface area contributed by atoms with Crippen molar-refractivity contribution in [3.63, 3.8) is 0 Å². The predicted octanol–water partition coefficient (Wildman–Crippen LogP) is 4.03. The molecule has 1 saturated heterocycles. The summed E-state index contributed by atoms with van der Waals surface area (Å²) in [5.74, 6) is -0.278. The Kier molecular flexibility index (Phi) is 7.03. The largest absolute Gasteiger partial charge is 0.493 e. The third kappa shape index (κ3) is 5.33. The first-order chi connectivity index (χ1) is 13.7. The van der Waals surface area contributed by atoms with E-state index in [1.54, 1.807) is 42.5 Å². The highest BCUT2D eigenvalue weighted by Crippen LogP contribution is 2.22. The van der Waals surface area contributed by atoms with E-state index in [1.165, 1.54) is 6.07 Å². The van der Waals surface area contributed by atoms with E-state index in [0.29, 0.717) is 30.1 Å². The molecule has 0 aromatic heterocycles. The fraction of sp³-hybridized carbons (Fsp3) is 0.364. The van der Waals surface area contributed by atoms with Gasteiger partial charge in [0.15, 0.2) is 0 Å². The lowest BCUT2D eigenvalue weighted by Crippen LogP contribution is -2.18. The van der Waals surface area contributed by atoms with Crippen molar-refractivity contribution in [3.8, 4) is 11.5 Å². The standard InChI is InChI=1S/C22H24O6/c1-2-12-26-20-11-4-3-10-19(20)22(24)28-17-8-5-7-16(14-17)21(23)27-15-18-9-6-13-25-18/h3-5,7-8,10-11,14,18H,2,6,9,12-13,15H2,1H3. The SMILES string of the molecule is CCCOc1ccccc1C(=O)Oc1cccc(C(=O)OCC2CCCO2)c1. The quantitative estimate of drug-likeness (QED) is 0.505. The third-order valence-corrected chi connectivity index (χ3v) is 4.27. The van der Waals surface area contributed by atoms with Gasteiger partial charge in [0.1, 0.15) is 23.7 Å². The molecule has 0 spiro atoms. The van der Waals surface area contributed by atoms with Gasteiger partial charge in [-0.1, -0.05) is 25.1 Å². The van der Waals surface area contributed by atoms with Crippen molar-refractivity contribution in [2.24, 2.45) is 0 Å². The molecule has 0 aliphatic carbocycles. The first-order valence-electron chi connectivity index (χ1n) is 9.50. The average molecular weight is 384 g/mol. The van der Waals surface area contributed by atoms with Crippen molar-refractivity contribution >= 4 is 11.9 Å². The molecule has 3 rings (SSSR count). The van der Waals surface area contributed by atoms with Gasteiger partial charge >= 0.3 is 11.9 Å². The summed E-state index contributed by atoms with van der Waals surface area (Å²) in [6, 6.07) is 13.3. The van der Waals surface area contributed by atoms with Gasteiger partial charge in [0.05, 0.1) is 18.3 Å². The molecule has 0 N–H and O–H groups in total. The normalized spacial score (nSPS) is 15.8.